The zero-order valence-electron chi connectivity index (χ0n) is 12.2. The predicted octanol–water partition coefficient (Wildman–Crippen LogP) is 1.80. The number of morpholine rings is 1. The minimum absolute atomic E-state index is 0.0796. The van der Waals surface area contributed by atoms with E-state index < -0.39 is 0 Å². The van der Waals surface area contributed by atoms with Crippen LogP contribution in [0.2, 0.25) is 5.15 Å². The molecule has 1 atom stereocenters. The van der Waals surface area contributed by atoms with Crippen molar-refractivity contribution in [1.82, 2.24) is 9.97 Å². The summed E-state index contributed by atoms with van der Waals surface area (Å²) in [5, 5.41) is 3.51. The van der Waals surface area contributed by atoms with Gasteiger partial charge in [0, 0.05) is 26.7 Å². The molecule has 0 amide bonds. The molecule has 2 heterocycles. The Morgan fingerprint density at radius 3 is 3.05 bits per heavy atom. The van der Waals surface area contributed by atoms with Crippen LogP contribution in [0.3, 0.4) is 0 Å². The van der Waals surface area contributed by atoms with Gasteiger partial charge in [-0.1, -0.05) is 11.6 Å². The van der Waals surface area contributed by atoms with Crippen molar-refractivity contribution in [3.63, 3.8) is 0 Å². The highest BCUT2D eigenvalue weighted by molar-refractivity contribution is 6.32. The van der Waals surface area contributed by atoms with Crippen molar-refractivity contribution in [3.05, 3.63) is 11.5 Å². The second-order valence-electron chi connectivity index (χ2n) is 5.53. The minimum atomic E-state index is 0.0796. The van der Waals surface area contributed by atoms with E-state index in [1.165, 1.54) is 19.2 Å². The quantitative estimate of drug-likeness (QED) is 0.808. The molecule has 1 aromatic rings. The molecule has 1 aliphatic carbocycles. The lowest BCUT2D eigenvalue weighted by Gasteiger charge is -2.34. The molecule has 0 radical (unpaired) electrons. The second-order valence-corrected chi connectivity index (χ2v) is 5.89. The smallest absolute Gasteiger partial charge is 0.157 e. The van der Waals surface area contributed by atoms with Gasteiger partial charge in [0.25, 0.3) is 0 Å². The fourth-order valence-electron chi connectivity index (χ4n) is 2.47. The Labute approximate surface area is 129 Å². The van der Waals surface area contributed by atoms with E-state index in [-0.39, 0.29) is 6.10 Å². The maximum Gasteiger partial charge on any atom is 0.157 e. The Balaban J connectivity index is 1.60. The summed E-state index contributed by atoms with van der Waals surface area (Å²) >= 11 is 6.11. The molecule has 0 aromatic carbocycles. The van der Waals surface area contributed by atoms with E-state index in [0.29, 0.717) is 18.4 Å². The lowest BCUT2D eigenvalue weighted by Crippen LogP contribution is -2.45. The van der Waals surface area contributed by atoms with Crippen LogP contribution in [-0.2, 0) is 9.47 Å². The first-order chi connectivity index (χ1) is 10.3. The molecule has 2 fully saturated rings. The van der Waals surface area contributed by atoms with Gasteiger partial charge in [-0.2, -0.15) is 0 Å². The molecular weight excluding hydrogens is 292 g/mol. The third kappa shape index (κ3) is 3.75. The monoisotopic (exact) mass is 312 g/mol. The van der Waals surface area contributed by atoms with Gasteiger partial charge in [0.15, 0.2) is 11.0 Å². The van der Waals surface area contributed by atoms with Crippen LogP contribution in [0, 0.1) is 5.92 Å². The van der Waals surface area contributed by atoms with Crippen LogP contribution in [0.4, 0.5) is 11.5 Å². The van der Waals surface area contributed by atoms with E-state index in [1.54, 1.807) is 0 Å². The molecule has 0 spiro atoms. The molecule has 6 nitrogen and oxygen atoms in total. The van der Waals surface area contributed by atoms with E-state index in [0.717, 1.165) is 37.1 Å². The van der Waals surface area contributed by atoms with Crippen LogP contribution < -0.4 is 10.2 Å². The third-order valence-corrected chi connectivity index (χ3v) is 4.11. The molecule has 1 aromatic heterocycles. The molecule has 116 valence electrons. The number of hydrogen-bond donors (Lipinski definition) is 1. The van der Waals surface area contributed by atoms with E-state index in [1.807, 2.05) is 7.05 Å². The van der Waals surface area contributed by atoms with Gasteiger partial charge in [-0.05, 0) is 18.8 Å². The molecule has 0 bridgehead atoms. The topological polar surface area (TPSA) is 59.5 Å². The molecule has 1 unspecified atom stereocenters. The second kappa shape index (κ2) is 6.77. The normalized spacial score (nSPS) is 22.4. The Morgan fingerprint density at radius 1 is 1.43 bits per heavy atom. The van der Waals surface area contributed by atoms with Crippen LogP contribution in [0.15, 0.2) is 6.33 Å². The first-order valence-corrected chi connectivity index (χ1v) is 7.78. The van der Waals surface area contributed by atoms with Gasteiger partial charge < -0.3 is 19.7 Å². The SMILES string of the molecule is CNc1c(Cl)ncnc1N1CCOC(COCC2CC2)C1. The molecule has 1 aliphatic heterocycles. The third-order valence-electron chi connectivity index (χ3n) is 3.82. The van der Waals surface area contributed by atoms with Gasteiger partial charge in [0.2, 0.25) is 0 Å². The van der Waals surface area contributed by atoms with Crippen LogP contribution >= 0.6 is 11.6 Å². The van der Waals surface area contributed by atoms with Gasteiger partial charge in [-0.15, -0.1) is 0 Å². The molecular formula is C14H21ClN4O2. The van der Waals surface area contributed by atoms with Crippen LogP contribution in [-0.4, -0.2) is 56.0 Å². The number of hydrogen-bond acceptors (Lipinski definition) is 6. The fourth-order valence-corrected chi connectivity index (χ4v) is 2.70. The molecule has 1 N–H and O–H groups in total. The number of nitrogens with zero attached hydrogens (tertiary/aromatic N) is 3. The van der Waals surface area contributed by atoms with Crippen LogP contribution in [0.25, 0.3) is 0 Å². The summed E-state index contributed by atoms with van der Waals surface area (Å²) in [5.41, 5.74) is 0.763. The molecule has 7 heteroatoms. The predicted molar refractivity (Wildman–Crippen MR) is 82.1 cm³/mol. The van der Waals surface area contributed by atoms with Gasteiger partial charge >= 0.3 is 0 Å². The van der Waals surface area contributed by atoms with Crippen molar-refractivity contribution in [2.24, 2.45) is 5.92 Å². The highest BCUT2D eigenvalue weighted by Gasteiger charge is 2.26. The van der Waals surface area contributed by atoms with Crippen molar-refractivity contribution in [2.75, 3.05) is 50.2 Å². The summed E-state index contributed by atoms with van der Waals surface area (Å²) in [7, 11) is 1.82. The summed E-state index contributed by atoms with van der Waals surface area (Å²) in [4.78, 5) is 10.5. The number of halogens is 1. The van der Waals surface area contributed by atoms with E-state index >= 15 is 0 Å². The molecule has 1 saturated heterocycles. The molecule has 2 aliphatic rings. The van der Waals surface area contributed by atoms with Crippen molar-refractivity contribution >= 4 is 23.1 Å². The fraction of sp³-hybridized carbons (Fsp3) is 0.714. The summed E-state index contributed by atoms with van der Waals surface area (Å²) in [6.07, 6.45) is 4.19. The Morgan fingerprint density at radius 2 is 2.29 bits per heavy atom. The zero-order chi connectivity index (χ0) is 14.7. The largest absolute Gasteiger partial charge is 0.383 e. The van der Waals surface area contributed by atoms with Gasteiger partial charge in [0.1, 0.15) is 12.0 Å². The number of rotatable bonds is 6. The molecule has 21 heavy (non-hydrogen) atoms. The summed E-state index contributed by atoms with van der Waals surface area (Å²) < 4.78 is 11.5. The van der Waals surface area contributed by atoms with Crippen LogP contribution in [0.5, 0.6) is 0 Å². The maximum atomic E-state index is 6.11. The van der Waals surface area contributed by atoms with Crippen molar-refractivity contribution in [3.8, 4) is 0 Å². The Bertz CT molecular complexity index is 484. The highest BCUT2D eigenvalue weighted by Crippen LogP contribution is 2.30. The maximum absolute atomic E-state index is 6.11. The number of nitrogens with one attached hydrogen (secondary N) is 1. The number of aromatic nitrogens is 2. The average molecular weight is 313 g/mol. The Hall–Kier alpha value is -1.11. The standard InChI is InChI=1S/C14H21ClN4O2/c1-16-12-13(15)17-9-18-14(12)19-4-5-21-11(6-19)8-20-7-10-2-3-10/h9-11,16H,2-8H2,1H3. The minimum Gasteiger partial charge on any atom is -0.383 e. The van der Waals surface area contributed by atoms with Gasteiger partial charge in [-0.25, -0.2) is 9.97 Å². The van der Waals surface area contributed by atoms with Gasteiger partial charge in [0.05, 0.1) is 19.3 Å². The van der Waals surface area contributed by atoms with Crippen molar-refractivity contribution in [1.29, 1.82) is 0 Å². The van der Waals surface area contributed by atoms with Crippen molar-refractivity contribution < 1.29 is 9.47 Å². The van der Waals surface area contributed by atoms with E-state index in [4.69, 9.17) is 21.1 Å². The average Bonchev–Trinajstić information content (AvgIpc) is 3.31. The first kappa shape index (κ1) is 14.8. The summed E-state index contributed by atoms with van der Waals surface area (Å²) in [5.74, 6) is 1.61. The lowest BCUT2D eigenvalue weighted by atomic mass is 10.2. The van der Waals surface area contributed by atoms with E-state index in [2.05, 4.69) is 20.2 Å². The van der Waals surface area contributed by atoms with E-state index in [9.17, 15) is 0 Å². The summed E-state index contributed by atoms with van der Waals surface area (Å²) in [6, 6.07) is 0. The highest BCUT2D eigenvalue weighted by atomic mass is 35.5. The lowest BCUT2D eigenvalue weighted by molar-refractivity contribution is -0.0259. The Kier molecular flexibility index (Phi) is 4.77. The zero-order valence-corrected chi connectivity index (χ0v) is 13.0. The van der Waals surface area contributed by atoms with Crippen molar-refractivity contribution in [2.45, 2.75) is 18.9 Å². The molecule has 1 saturated carbocycles. The first-order valence-electron chi connectivity index (χ1n) is 7.40. The number of ether oxygens (including phenoxy) is 2. The van der Waals surface area contributed by atoms with Gasteiger partial charge in [-0.3, -0.25) is 0 Å². The number of anilines is 2. The molecule has 3 rings (SSSR count). The summed E-state index contributed by atoms with van der Waals surface area (Å²) in [6.45, 7) is 3.72. The van der Waals surface area contributed by atoms with Crippen LogP contribution in [0.1, 0.15) is 12.8 Å².